The van der Waals surface area contributed by atoms with Gasteiger partial charge in [0.15, 0.2) is 0 Å². The van der Waals surface area contributed by atoms with Gasteiger partial charge in [-0.1, -0.05) is 36.8 Å². The third-order valence-corrected chi connectivity index (χ3v) is 10.7. The van der Waals surface area contributed by atoms with E-state index in [-0.39, 0.29) is 23.2 Å². The highest BCUT2D eigenvalue weighted by Gasteiger charge is 2.28. The van der Waals surface area contributed by atoms with Crippen molar-refractivity contribution in [2.24, 2.45) is 0 Å². The number of hydrogen-bond donors (Lipinski definition) is 2. The molecule has 218 valence electrons. The van der Waals surface area contributed by atoms with Gasteiger partial charge in [0.2, 0.25) is 0 Å². The summed E-state index contributed by atoms with van der Waals surface area (Å²) >= 11 is 3.28. The number of aryl methyl sites for hydroxylation is 1. The lowest BCUT2D eigenvalue weighted by molar-refractivity contribution is 0.102. The monoisotopic (exact) mass is 638 g/mol. The largest absolute Gasteiger partial charge is 0.313 e. The van der Waals surface area contributed by atoms with E-state index in [1.165, 1.54) is 10.4 Å². The first-order valence-electron chi connectivity index (χ1n) is 13.5. The highest BCUT2D eigenvalue weighted by Crippen LogP contribution is 2.45. The second kappa shape index (κ2) is 12.5. The van der Waals surface area contributed by atoms with Crippen LogP contribution >= 0.6 is 35.1 Å². The third-order valence-electron chi connectivity index (χ3n) is 7.14. The van der Waals surface area contributed by atoms with Gasteiger partial charge >= 0.3 is 0 Å². The molecule has 5 aromatic rings. The smallest absolute Gasteiger partial charge is 0.261 e. The summed E-state index contributed by atoms with van der Waals surface area (Å²) in [7, 11) is -3.73. The lowest BCUT2D eigenvalue weighted by Crippen LogP contribution is -2.30. The number of anilines is 2. The summed E-state index contributed by atoms with van der Waals surface area (Å²) in [4.78, 5) is 22.3. The van der Waals surface area contributed by atoms with Crippen LogP contribution in [0.3, 0.4) is 0 Å². The molecule has 11 heteroatoms. The molecular formula is C31H31ClN4O3S3. The number of nitrogens with one attached hydrogen (secondary N) is 2. The summed E-state index contributed by atoms with van der Waals surface area (Å²) in [5.74, 6) is -0.246. The number of thiazole rings is 1. The van der Waals surface area contributed by atoms with Crippen LogP contribution in [0.15, 0.2) is 77.7 Å². The van der Waals surface area contributed by atoms with Crippen molar-refractivity contribution >= 4 is 71.9 Å². The van der Waals surface area contributed by atoms with Crippen molar-refractivity contribution in [3.63, 3.8) is 0 Å². The number of halogens is 1. The van der Waals surface area contributed by atoms with Gasteiger partial charge in [0, 0.05) is 34.8 Å². The number of thiophene rings is 1. The van der Waals surface area contributed by atoms with Crippen LogP contribution in [-0.2, 0) is 23.0 Å². The molecule has 3 heterocycles. The molecule has 42 heavy (non-hydrogen) atoms. The first kappa shape index (κ1) is 30.2. The molecule has 0 fully saturated rings. The lowest BCUT2D eigenvalue weighted by Gasteiger charge is -2.26. The minimum Gasteiger partial charge on any atom is -0.313 e. The van der Waals surface area contributed by atoms with E-state index in [9.17, 15) is 13.2 Å². The van der Waals surface area contributed by atoms with Crippen molar-refractivity contribution in [3.05, 3.63) is 94.4 Å². The molecule has 0 saturated heterocycles. The fraction of sp³-hybridized carbons (Fsp3) is 0.226. The number of amides is 1. The quantitative estimate of drug-likeness (QED) is 0.183. The normalized spacial score (nSPS) is 13.4. The molecule has 3 aromatic carbocycles. The number of rotatable bonds is 8. The summed E-state index contributed by atoms with van der Waals surface area (Å²) in [5.41, 5.74) is 5.07. The number of nitrogens with zero attached hydrogens (tertiary/aromatic N) is 2. The van der Waals surface area contributed by atoms with E-state index in [2.05, 4.69) is 27.9 Å². The van der Waals surface area contributed by atoms with E-state index in [1.807, 2.05) is 25.1 Å². The average molecular weight is 639 g/mol. The molecule has 0 saturated carbocycles. The second-order valence-electron chi connectivity index (χ2n) is 10.2. The number of sulfonamides is 1. The Labute approximate surface area is 260 Å². The van der Waals surface area contributed by atoms with E-state index in [0.717, 1.165) is 63.8 Å². The number of carbonyl (C=O) groups excluding carboxylic acids is 1. The third kappa shape index (κ3) is 6.23. The van der Waals surface area contributed by atoms with E-state index in [4.69, 9.17) is 4.98 Å². The maximum absolute atomic E-state index is 13.4. The molecule has 1 amide bonds. The summed E-state index contributed by atoms with van der Waals surface area (Å²) in [6, 6.07) is 21.3. The van der Waals surface area contributed by atoms with Crippen molar-refractivity contribution in [1.82, 2.24) is 9.88 Å². The molecule has 1 aliphatic rings. The lowest BCUT2D eigenvalue weighted by atomic mass is 10.0. The van der Waals surface area contributed by atoms with Crippen molar-refractivity contribution in [2.75, 3.05) is 23.1 Å². The Morgan fingerprint density at radius 2 is 1.74 bits per heavy atom. The van der Waals surface area contributed by atoms with Gasteiger partial charge in [-0.25, -0.2) is 13.4 Å². The molecule has 0 radical (unpaired) electrons. The van der Waals surface area contributed by atoms with Gasteiger partial charge in [-0.05, 0) is 80.4 Å². The van der Waals surface area contributed by atoms with Crippen LogP contribution in [0.4, 0.5) is 10.7 Å². The molecular weight excluding hydrogens is 608 g/mol. The van der Waals surface area contributed by atoms with Crippen LogP contribution in [0.5, 0.6) is 0 Å². The number of hydrogen-bond acceptors (Lipinski definition) is 7. The molecule has 0 bridgehead atoms. The maximum Gasteiger partial charge on any atom is 0.261 e. The molecule has 0 spiro atoms. The summed E-state index contributed by atoms with van der Waals surface area (Å²) in [5, 5.41) is 4.89. The molecule has 2 aromatic heterocycles. The fourth-order valence-electron chi connectivity index (χ4n) is 5.05. The minimum absolute atomic E-state index is 0. The van der Waals surface area contributed by atoms with Gasteiger partial charge in [0.1, 0.15) is 10.0 Å². The first-order valence-corrected chi connectivity index (χ1v) is 16.7. The number of benzene rings is 3. The van der Waals surface area contributed by atoms with E-state index in [1.54, 1.807) is 71.2 Å². The van der Waals surface area contributed by atoms with Crippen LogP contribution in [0.2, 0.25) is 0 Å². The summed E-state index contributed by atoms with van der Waals surface area (Å²) in [6.07, 6.45) is 2.02. The Hall–Kier alpha value is -3.28. The standard InChI is InChI=1S/C31H30N4O3S3.ClH/c1-3-17-35-18-16-24-27(19-35)40-31(28(24)30-32-25-6-4-5-7-26(25)39-30)33-29(36)21-10-12-22(13-11-21)34-41(37,38)23-14-8-20(2)9-15-23;/h4-15,34H,3,16-19H2,1-2H3,(H,33,36);1H. The van der Waals surface area contributed by atoms with Gasteiger partial charge in [-0.2, -0.15) is 0 Å². The Morgan fingerprint density at radius 3 is 2.45 bits per heavy atom. The Morgan fingerprint density at radius 1 is 1.00 bits per heavy atom. The minimum atomic E-state index is -3.73. The average Bonchev–Trinajstić information content (AvgIpc) is 3.54. The molecule has 7 nitrogen and oxygen atoms in total. The second-order valence-corrected chi connectivity index (χ2v) is 14.0. The molecule has 6 rings (SSSR count). The van der Waals surface area contributed by atoms with Crippen molar-refractivity contribution in [1.29, 1.82) is 0 Å². The topological polar surface area (TPSA) is 91.4 Å². The van der Waals surface area contributed by atoms with Gasteiger partial charge < -0.3 is 5.32 Å². The molecule has 1 aliphatic heterocycles. The molecule has 0 atom stereocenters. The number of carbonyl (C=O) groups is 1. The first-order chi connectivity index (χ1) is 19.8. The van der Waals surface area contributed by atoms with Crippen LogP contribution in [0.1, 0.15) is 39.7 Å². The van der Waals surface area contributed by atoms with Crippen molar-refractivity contribution in [2.45, 2.75) is 38.1 Å². The highest BCUT2D eigenvalue weighted by atomic mass is 35.5. The van der Waals surface area contributed by atoms with Gasteiger partial charge in [0.05, 0.1) is 15.1 Å². The van der Waals surface area contributed by atoms with Crippen LogP contribution in [-0.4, -0.2) is 37.3 Å². The van der Waals surface area contributed by atoms with Gasteiger partial charge in [0.25, 0.3) is 15.9 Å². The Balaban J connectivity index is 0.00000353. The van der Waals surface area contributed by atoms with E-state index in [0.29, 0.717) is 11.3 Å². The number of para-hydroxylation sites is 1. The van der Waals surface area contributed by atoms with Crippen LogP contribution in [0.25, 0.3) is 20.8 Å². The van der Waals surface area contributed by atoms with E-state index >= 15 is 0 Å². The van der Waals surface area contributed by atoms with Crippen LogP contribution in [0, 0.1) is 6.92 Å². The van der Waals surface area contributed by atoms with Crippen LogP contribution < -0.4 is 10.0 Å². The SMILES string of the molecule is CCCN1CCc2c(sc(NC(=O)c3ccc(NS(=O)(=O)c4ccc(C)cc4)cc3)c2-c2nc3ccccc3s2)C1.Cl. The zero-order chi connectivity index (χ0) is 28.6. The Bertz CT molecular complexity index is 1800. The van der Waals surface area contributed by atoms with Gasteiger partial charge in [-0.3, -0.25) is 14.4 Å². The Kier molecular flexibility index (Phi) is 9.00. The molecule has 0 unspecified atom stereocenters. The van der Waals surface area contributed by atoms with Gasteiger partial charge in [-0.15, -0.1) is 35.1 Å². The zero-order valence-electron chi connectivity index (χ0n) is 23.2. The van der Waals surface area contributed by atoms with E-state index < -0.39 is 10.0 Å². The zero-order valence-corrected chi connectivity index (χ0v) is 26.5. The van der Waals surface area contributed by atoms with Crippen molar-refractivity contribution < 1.29 is 13.2 Å². The number of fused-ring (bicyclic) bond motifs is 2. The number of aromatic nitrogens is 1. The predicted octanol–water partition coefficient (Wildman–Crippen LogP) is 7.58. The summed E-state index contributed by atoms with van der Waals surface area (Å²) in [6.45, 7) is 7.01. The molecule has 2 N–H and O–H groups in total. The highest BCUT2D eigenvalue weighted by molar-refractivity contribution is 7.92. The summed E-state index contributed by atoms with van der Waals surface area (Å²) < 4.78 is 29.3. The predicted molar refractivity (Wildman–Crippen MR) is 176 cm³/mol. The maximum atomic E-state index is 13.4. The molecule has 0 aliphatic carbocycles. The fourth-order valence-corrected chi connectivity index (χ4v) is 8.51. The van der Waals surface area contributed by atoms with Crippen molar-refractivity contribution in [3.8, 4) is 10.6 Å².